The molecule has 2 aliphatic heterocycles. The highest BCUT2D eigenvalue weighted by Gasteiger charge is 2.41. The molecule has 0 spiro atoms. The second-order valence-electron chi connectivity index (χ2n) is 31.9. The molecule has 2 saturated heterocycles. The maximum absolute atomic E-state index is 14.4. The Hall–Kier alpha value is -14.5. The molecule has 14 aromatic rings. The van der Waals surface area contributed by atoms with Crippen molar-refractivity contribution in [1.82, 2.24) is 88.3 Å². The van der Waals surface area contributed by atoms with Crippen molar-refractivity contribution in [2.75, 3.05) is 23.7 Å². The van der Waals surface area contributed by atoms with Crippen LogP contribution in [-0.2, 0) is 64.4 Å². The molecule has 716 valence electrons. The number of hydrogen-bond acceptors (Lipinski definition) is 29. The van der Waals surface area contributed by atoms with Crippen LogP contribution in [0.1, 0.15) is 124 Å². The molecule has 16 rings (SSSR count). The third-order valence-corrected chi connectivity index (χ3v) is 20.1. The summed E-state index contributed by atoms with van der Waals surface area (Å²) in [7, 11) is 0. The Kier molecular flexibility index (Phi) is 35.6. The quantitative estimate of drug-likeness (QED) is 0.0182. The zero-order chi connectivity index (χ0) is 98.7. The molecule has 12 heterocycles. The molecule has 47 heteroatoms. The predicted octanol–water partition coefficient (Wildman–Crippen LogP) is 15.8. The summed E-state index contributed by atoms with van der Waals surface area (Å²) in [6.07, 6.45) is 17.8. The summed E-state index contributed by atoms with van der Waals surface area (Å²) in [5, 5.41) is 28.8. The Balaban J connectivity index is 0.000000177. The first kappa shape index (κ1) is 105. The molecule has 0 aliphatic carbocycles. The highest BCUT2D eigenvalue weighted by molar-refractivity contribution is 9.11. The molecule has 0 bridgehead atoms. The largest absolute Gasteiger partial charge is 0.508 e. The molecule has 137 heavy (non-hydrogen) atoms. The lowest BCUT2D eigenvalue weighted by Gasteiger charge is -2.24. The summed E-state index contributed by atoms with van der Waals surface area (Å²) in [6, 6.07) is 17.8. The minimum Gasteiger partial charge on any atom is -0.508 e. The van der Waals surface area contributed by atoms with Gasteiger partial charge >= 0.3 is 35.9 Å². The van der Waals surface area contributed by atoms with Gasteiger partial charge in [0.05, 0.1) is 86.9 Å². The number of carbonyl (C=O) groups excluding carboxylic acids is 9. The van der Waals surface area contributed by atoms with Gasteiger partial charge in [-0.25, -0.2) is 76.2 Å². The number of ether oxygens (including phenoxy) is 5. The van der Waals surface area contributed by atoms with Gasteiger partial charge in [0.25, 0.3) is 0 Å². The summed E-state index contributed by atoms with van der Waals surface area (Å²) >= 11 is 9.27. The van der Waals surface area contributed by atoms with Crippen LogP contribution >= 0.6 is 60.2 Å². The number of phenols is 1. The Labute approximate surface area is 805 Å². The van der Waals surface area contributed by atoms with Crippen molar-refractivity contribution >= 4 is 174 Å². The van der Waals surface area contributed by atoms with Crippen LogP contribution in [0.25, 0.3) is 43.6 Å². The average molecular weight is 2110 g/mol. The number of carboxylic acid groups (broad SMARTS) is 1. The van der Waals surface area contributed by atoms with E-state index in [1.807, 2.05) is 0 Å². The van der Waals surface area contributed by atoms with Crippen LogP contribution in [0.2, 0.25) is 0 Å². The number of hydrogen-bond donors (Lipinski definition) is 5. The number of fused-ring (bicyclic) bond motifs is 4. The van der Waals surface area contributed by atoms with Gasteiger partial charge in [0.1, 0.15) is 88.0 Å². The SMILES string of the molecule is CC(=O)c1cn(CC(=O)N2C[C@H](F)C[C@H]2C(=O)Nc2cncc(Br)n2)c2ccc(Oc3ncc(F)cn3)cc12.CC(=O)c1cn(CC(=O)O)c2ccc(Oc3ncc(F)cn3)cc12.CC(=O)c1cn(CC(=O)OC(C)(C)C)c2ccc(O)cc12.CC(=O)c1cn(CC(=O)OC(C)(C)C)c2ccc(Oc3ncc(F)cn3)cc12.Cl.Fc1cnc(Br)nc1.O=C(Nc1cncc(Br)n1)[C@@H]1C[C@@H](F)CN1. The van der Waals surface area contributed by atoms with Gasteiger partial charge in [0.15, 0.2) is 62.8 Å². The van der Waals surface area contributed by atoms with Crippen LogP contribution in [0.15, 0.2) is 186 Å². The van der Waals surface area contributed by atoms with Crippen LogP contribution in [0.5, 0.6) is 41.0 Å². The van der Waals surface area contributed by atoms with Crippen LogP contribution < -0.4 is 30.2 Å². The maximum atomic E-state index is 14.4. The van der Waals surface area contributed by atoms with Crippen molar-refractivity contribution in [3.8, 4) is 41.0 Å². The van der Waals surface area contributed by atoms with E-state index in [-0.39, 0.29) is 129 Å². The third kappa shape index (κ3) is 30.0. The monoisotopic (exact) mass is 2100 g/mol. The van der Waals surface area contributed by atoms with Gasteiger partial charge in [-0.1, -0.05) is 0 Å². The van der Waals surface area contributed by atoms with E-state index in [0.717, 1.165) is 49.6 Å². The van der Waals surface area contributed by atoms with Gasteiger partial charge < -0.3 is 73.0 Å². The number of nitrogens with one attached hydrogen (secondary N) is 3. The normalized spacial score (nSPS) is 14.2. The molecule has 4 aromatic carbocycles. The molecule has 0 unspecified atom stereocenters. The predicted molar refractivity (Wildman–Crippen MR) is 495 cm³/mol. The van der Waals surface area contributed by atoms with Gasteiger partial charge in [0.2, 0.25) is 17.7 Å². The molecule has 4 atom stereocenters. The first-order valence-electron chi connectivity index (χ1n) is 40.7. The minimum atomic E-state index is -1.37. The summed E-state index contributed by atoms with van der Waals surface area (Å²) < 4.78 is 113. The number of anilines is 2. The van der Waals surface area contributed by atoms with Crippen LogP contribution in [0, 0.1) is 23.3 Å². The van der Waals surface area contributed by atoms with Crippen molar-refractivity contribution in [2.45, 2.75) is 144 Å². The number of carbonyl (C=O) groups is 10. The minimum absolute atomic E-state index is 0. The maximum Gasteiger partial charge on any atom is 0.326 e. The number of esters is 2. The molecular formula is C90H84Br3ClF6N20O17. The number of amides is 3. The van der Waals surface area contributed by atoms with E-state index in [1.54, 1.807) is 128 Å². The molecule has 37 nitrogen and oxygen atoms in total. The molecular weight excluding hydrogens is 2020 g/mol. The van der Waals surface area contributed by atoms with E-state index in [4.69, 9.17) is 28.8 Å². The highest BCUT2D eigenvalue weighted by atomic mass is 79.9. The number of nitrogens with zero attached hydrogens (tertiary/aromatic N) is 17. The Morgan fingerprint density at radius 2 is 0.796 bits per heavy atom. The van der Waals surface area contributed by atoms with Crippen molar-refractivity contribution in [1.29, 1.82) is 0 Å². The number of Topliss-reactive ketones (excluding diaryl/α,β-unsaturated/α-hetero) is 4. The lowest BCUT2D eigenvalue weighted by atomic mass is 10.1. The molecule has 0 saturated carbocycles. The highest BCUT2D eigenvalue weighted by Crippen LogP contribution is 2.35. The average Bonchev–Trinajstić information content (AvgIpc) is 1.62. The number of aromatic nitrogens is 16. The lowest BCUT2D eigenvalue weighted by Crippen LogP contribution is -2.44. The standard InChI is InChI=1S/C25H20BrF2N7O4.C20H20FN3O4.C16H12FN3O4.C16H19NO4.C9H10BrFN4O.C4H2BrFN2.ClH/c1-13(36)18-11-34(19-3-2-16(5-17(18)19)39-25-30-6-15(28)7-31-25)12-23(37)35-10-14(27)4-20(35)24(38)33-22-9-29-8-21(26)32-22;1-12(25)16-10-24(11-18(26)28-20(2,3)4)17-6-5-14(7-15(16)17)27-19-22-8-13(21)9-23-19;1-9(21)13-7-20(8-15(22)23)14-3-2-11(4-12(13)14)24-16-18-5-10(17)6-19-16;1-10(18)13-8-17(9-15(20)21-16(2,3)4)14-6-5-11(19)7-12(13)14;10-7-3-12-4-8(14-7)15-9(16)6-1-5(11)2-13-6;5-4-7-1-3(6)2-8-4;/h2-3,5-9,11,14,20H,4,10,12H2,1H3,(H,32,33,38);5-10H,11H2,1-4H3;2-7H,8H2,1H3,(H,22,23);5-8,19H,9H2,1-4H3;3-6,13H,1-2H2,(H,14,15,16);1-2H;1H/t14-,20+;;;;5-,6+;;/m1...1../s1. The van der Waals surface area contributed by atoms with Gasteiger partial charge in [-0.15, -0.1) is 12.4 Å². The zero-order valence-electron chi connectivity index (χ0n) is 74.1. The Morgan fingerprint density at radius 3 is 1.13 bits per heavy atom. The smallest absolute Gasteiger partial charge is 0.326 e. The van der Waals surface area contributed by atoms with E-state index in [9.17, 15) is 79.4 Å². The van der Waals surface area contributed by atoms with Crippen molar-refractivity contribution < 1.29 is 108 Å². The van der Waals surface area contributed by atoms with E-state index in [0.29, 0.717) is 103 Å². The molecule has 5 N–H and O–H groups in total. The van der Waals surface area contributed by atoms with E-state index in [2.05, 4.69) is 124 Å². The molecule has 10 aromatic heterocycles. The summed E-state index contributed by atoms with van der Waals surface area (Å²) in [4.78, 5) is 167. The number of aromatic hydroxyl groups is 1. The second kappa shape index (κ2) is 46.6. The molecule has 2 aliphatic rings. The number of aliphatic carboxylic acids is 1. The second-order valence-corrected chi connectivity index (χ2v) is 34.2. The van der Waals surface area contributed by atoms with E-state index < -0.39 is 82.7 Å². The van der Waals surface area contributed by atoms with Crippen LogP contribution in [-0.4, -0.2) is 201 Å². The van der Waals surface area contributed by atoms with Crippen LogP contribution in [0.4, 0.5) is 38.0 Å². The Bertz CT molecular complexity index is 6770. The van der Waals surface area contributed by atoms with Crippen molar-refractivity contribution in [2.24, 2.45) is 0 Å². The fraction of sp³-hybridized carbons (Fsp3) is 0.267. The zero-order valence-corrected chi connectivity index (χ0v) is 79.6. The summed E-state index contributed by atoms with van der Waals surface area (Å²) in [5.41, 5.74) is 3.02. The van der Waals surface area contributed by atoms with E-state index >= 15 is 0 Å². The molecule has 3 amide bonds. The fourth-order valence-corrected chi connectivity index (χ4v) is 14.3. The molecule has 0 radical (unpaired) electrons. The fourth-order valence-electron chi connectivity index (χ4n) is 13.5. The van der Waals surface area contributed by atoms with Crippen LogP contribution in [0.3, 0.4) is 0 Å². The molecule has 2 fully saturated rings. The van der Waals surface area contributed by atoms with Gasteiger partial charge in [0, 0.05) is 110 Å². The number of alkyl halides is 2. The summed E-state index contributed by atoms with van der Waals surface area (Å²) in [5.74, 6) is -4.42. The third-order valence-electron chi connectivity index (χ3n) is 19.0. The number of benzene rings is 4. The first-order valence-corrected chi connectivity index (χ1v) is 43.1. The topological polar surface area (TPSA) is 471 Å². The Morgan fingerprint density at radius 1 is 0.453 bits per heavy atom. The number of likely N-dealkylation sites (tertiary alicyclic amines) is 1. The number of rotatable bonds is 22. The number of phenolic OH excluding ortho intramolecular Hbond substituents is 1. The van der Waals surface area contributed by atoms with Gasteiger partial charge in [-0.2, -0.15) is 0 Å². The van der Waals surface area contributed by atoms with E-state index in [1.165, 1.54) is 86.5 Å². The lowest BCUT2D eigenvalue weighted by molar-refractivity contribution is -0.156. The van der Waals surface area contributed by atoms with Gasteiger partial charge in [-0.3, -0.25) is 57.9 Å². The first-order chi connectivity index (χ1) is 64.3. The number of ketones is 4. The van der Waals surface area contributed by atoms with Crippen molar-refractivity contribution in [3.05, 3.63) is 231 Å². The van der Waals surface area contributed by atoms with Crippen molar-refractivity contribution in [3.63, 3.8) is 0 Å². The number of halogens is 10. The van der Waals surface area contributed by atoms with Gasteiger partial charge in [-0.05, 0) is 190 Å². The summed E-state index contributed by atoms with van der Waals surface area (Å²) in [6.45, 7) is 16.0. The number of carboxylic acids is 1.